The van der Waals surface area contributed by atoms with Crippen molar-refractivity contribution < 1.29 is 0 Å². The summed E-state index contributed by atoms with van der Waals surface area (Å²) in [5.41, 5.74) is 11.3. The molecule has 0 spiro atoms. The maximum atomic E-state index is 2.27. The summed E-state index contributed by atoms with van der Waals surface area (Å²) in [6.45, 7) is 0. The van der Waals surface area contributed by atoms with E-state index in [9.17, 15) is 0 Å². The van der Waals surface area contributed by atoms with Gasteiger partial charge >= 0.3 is 0 Å². The number of allylic oxidation sites excluding steroid dienone is 1. The summed E-state index contributed by atoms with van der Waals surface area (Å²) in [6, 6.07) is 26.5. The molecule has 0 unspecified atom stereocenters. The van der Waals surface area contributed by atoms with Crippen molar-refractivity contribution in [2.75, 3.05) is 0 Å². The molecular weight excluding hydrogens is 264 g/mol. The van der Waals surface area contributed by atoms with E-state index in [0.29, 0.717) is 0 Å². The van der Waals surface area contributed by atoms with Gasteiger partial charge in [0.05, 0.1) is 0 Å². The van der Waals surface area contributed by atoms with Crippen molar-refractivity contribution in [3.8, 4) is 0 Å². The Morgan fingerprint density at radius 2 is 0.682 bits per heavy atom. The molecule has 0 saturated heterocycles. The molecular formula is C22H12. The number of hydrogen-bond acceptors (Lipinski definition) is 0. The fraction of sp³-hybridized carbons (Fsp3) is 0. The summed E-state index contributed by atoms with van der Waals surface area (Å²) in [7, 11) is 0. The number of benzene rings is 3. The van der Waals surface area contributed by atoms with Crippen LogP contribution in [-0.2, 0) is 0 Å². The number of fused-ring (bicyclic) bond motifs is 7. The summed E-state index contributed by atoms with van der Waals surface area (Å²) in [5, 5.41) is 2.79. The van der Waals surface area contributed by atoms with Gasteiger partial charge < -0.3 is 0 Å². The molecule has 0 atom stereocenters. The summed E-state index contributed by atoms with van der Waals surface area (Å²) < 4.78 is 0. The fourth-order valence-corrected chi connectivity index (χ4v) is 4.38. The van der Waals surface area contributed by atoms with E-state index < -0.39 is 0 Å². The van der Waals surface area contributed by atoms with Crippen LogP contribution in [0.15, 0.2) is 78.4 Å². The molecule has 0 bridgehead atoms. The van der Waals surface area contributed by atoms with Crippen molar-refractivity contribution >= 4 is 16.7 Å². The second kappa shape index (κ2) is 3.48. The molecule has 0 N–H and O–H groups in total. The van der Waals surface area contributed by atoms with Gasteiger partial charge in [0.15, 0.2) is 0 Å². The van der Waals surface area contributed by atoms with Gasteiger partial charge in [-0.2, -0.15) is 0 Å². The van der Waals surface area contributed by atoms with Crippen LogP contribution in [0.2, 0.25) is 0 Å². The summed E-state index contributed by atoms with van der Waals surface area (Å²) >= 11 is 0. The molecule has 0 fully saturated rings. The summed E-state index contributed by atoms with van der Waals surface area (Å²) in [4.78, 5) is 0. The van der Waals surface area contributed by atoms with Gasteiger partial charge in [-0.15, -0.1) is 0 Å². The second-order valence-corrected chi connectivity index (χ2v) is 6.14. The van der Waals surface area contributed by atoms with Crippen LogP contribution in [0.1, 0.15) is 22.3 Å². The highest BCUT2D eigenvalue weighted by Crippen LogP contribution is 2.54. The lowest BCUT2D eigenvalue weighted by Gasteiger charge is -2.08. The van der Waals surface area contributed by atoms with E-state index >= 15 is 0 Å². The Kier molecular flexibility index (Phi) is 1.71. The quantitative estimate of drug-likeness (QED) is 0.591. The average Bonchev–Trinajstić information content (AvgIpc) is 3.19. The number of hydrogen-bond donors (Lipinski definition) is 0. The Hall–Kier alpha value is -2.86. The number of rotatable bonds is 0. The molecule has 22 heavy (non-hydrogen) atoms. The van der Waals surface area contributed by atoms with Crippen LogP contribution >= 0.6 is 0 Å². The van der Waals surface area contributed by atoms with E-state index in [2.05, 4.69) is 72.8 Å². The maximum absolute atomic E-state index is 2.27. The second-order valence-electron chi connectivity index (χ2n) is 6.14. The highest BCUT2D eigenvalue weighted by molar-refractivity contribution is 6.21. The zero-order chi connectivity index (χ0) is 14.3. The van der Waals surface area contributed by atoms with Crippen LogP contribution < -0.4 is 10.4 Å². The van der Waals surface area contributed by atoms with E-state index in [4.69, 9.17) is 0 Å². The first kappa shape index (κ1) is 10.8. The summed E-state index contributed by atoms with van der Waals surface area (Å²) in [6.07, 6.45) is 0. The Morgan fingerprint density at radius 3 is 1.14 bits per heavy atom. The van der Waals surface area contributed by atoms with Crippen molar-refractivity contribution in [3.63, 3.8) is 0 Å². The minimum absolute atomic E-state index is 1.39. The normalized spacial score (nSPS) is 15.8. The summed E-state index contributed by atoms with van der Waals surface area (Å²) in [5.74, 6) is 0. The van der Waals surface area contributed by atoms with Gasteiger partial charge in [-0.1, -0.05) is 72.8 Å². The van der Waals surface area contributed by atoms with Crippen LogP contribution in [0.25, 0.3) is 16.7 Å². The lowest BCUT2D eigenvalue weighted by Crippen LogP contribution is -2.23. The molecule has 0 saturated carbocycles. The Balaban J connectivity index is 1.96. The van der Waals surface area contributed by atoms with E-state index in [1.165, 1.54) is 55.0 Å². The van der Waals surface area contributed by atoms with Crippen molar-refractivity contribution in [3.05, 3.63) is 111 Å². The van der Waals surface area contributed by atoms with Crippen LogP contribution in [0.3, 0.4) is 0 Å². The van der Waals surface area contributed by atoms with Gasteiger partial charge in [-0.25, -0.2) is 0 Å². The van der Waals surface area contributed by atoms with Gasteiger partial charge in [0.25, 0.3) is 0 Å². The fourth-order valence-electron chi connectivity index (χ4n) is 4.38. The van der Waals surface area contributed by atoms with E-state index in [-0.39, 0.29) is 0 Å². The topological polar surface area (TPSA) is 0 Å². The molecule has 3 aromatic rings. The molecule has 0 nitrogen and oxygen atoms in total. The van der Waals surface area contributed by atoms with Crippen LogP contribution in [-0.4, -0.2) is 0 Å². The predicted octanol–water partition coefficient (Wildman–Crippen LogP) is 3.23. The Labute approximate surface area is 128 Å². The van der Waals surface area contributed by atoms with Crippen molar-refractivity contribution in [1.82, 2.24) is 0 Å². The van der Waals surface area contributed by atoms with E-state index in [0.717, 1.165) is 0 Å². The zero-order valence-electron chi connectivity index (χ0n) is 11.9. The third-order valence-corrected chi connectivity index (χ3v) is 5.15. The van der Waals surface area contributed by atoms with Crippen molar-refractivity contribution in [2.45, 2.75) is 0 Å². The monoisotopic (exact) mass is 276 g/mol. The largest absolute Gasteiger partial charge is 0.0616 e. The average molecular weight is 276 g/mol. The molecule has 3 aliphatic rings. The molecule has 100 valence electrons. The van der Waals surface area contributed by atoms with Gasteiger partial charge in [-0.3, -0.25) is 0 Å². The minimum Gasteiger partial charge on any atom is -0.0616 e. The SMILES string of the molecule is c1ccc2c(c1)C1=C3C2=c2ccccc2=C3c2ccccc21. The lowest BCUT2D eigenvalue weighted by molar-refractivity contribution is 1.50. The Bertz CT molecular complexity index is 1070. The smallest absolute Gasteiger partial charge is 0.000138 e. The van der Waals surface area contributed by atoms with Crippen molar-refractivity contribution in [2.24, 2.45) is 0 Å². The van der Waals surface area contributed by atoms with E-state index in [1.54, 1.807) is 0 Å². The predicted molar refractivity (Wildman–Crippen MR) is 89.6 cm³/mol. The van der Waals surface area contributed by atoms with E-state index in [1.807, 2.05) is 0 Å². The molecule has 6 rings (SSSR count). The lowest BCUT2D eigenvalue weighted by atomic mass is 9.95. The van der Waals surface area contributed by atoms with Gasteiger partial charge in [-0.05, 0) is 55.0 Å². The van der Waals surface area contributed by atoms with Crippen LogP contribution in [0.5, 0.6) is 0 Å². The minimum atomic E-state index is 1.39. The zero-order valence-corrected chi connectivity index (χ0v) is 11.9. The van der Waals surface area contributed by atoms with Gasteiger partial charge in [0, 0.05) is 0 Å². The maximum Gasteiger partial charge on any atom is -0.000138 e. The first-order chi connectivity index (χ1) is 10.9. The third kappa shape index (κ3) is 1.02. The van der Waals surface area contributed by atoms with Crippen molar-refractivity contribution in [1.29, 1.82) is 0 Å². The van der Waals surface area contributed by atoms with Crippen LogP contribution in [0.4, 0.5) is 0 Å². The highest BCUT2D eigenvalue weighted by Gasteiger charge is 2.39. The molecule has 0 amide bonds. The van der Waals surface area contributed by atoms with Gasteiger partial charge in [0.2, 0.25) is 0 Å². The van der Waals surface area contributed by atoms with Crippen LogP contribution in [0, 0.1) is 0 Å². The first-order valence-corrected chi connectivity index (χ1v) is 7.73. The molecule has 0 radical (unpaired) electrons. The molecule has 0 heteroatoms. The highest BCUT2D eigenvalue weighted by atomic mass is 14.4. The molecule has 0 heterocycles. The Morgan fingerprint density at radius 1 is 0.318 bits per heavy atom. The standard InChI is InChI=1S/C22H12/c1-2-8-14-13(7-1)19-15-9-3-4-10-16(15)21-18-12-6-5-11-17(18)20(14)22(19)21/h1-12H. The van der Waals surface area contributed by atoms with Gasteiger partial charge in [0.1, 0.15) is 0 Å². The molecule has 3 aliphatic carbocycles. The molecule has 0 aromatic heterocycles. The first-order valence-electron chi connectivity index (χ1n) is 7.73. The third-order valence-electron chi connectivity index (χ3n) is 5.15. The molecule has 3 aromatic carbocycles. The molecule has 0 aliphatic heterocycles.